The third-order valence-corrected chi connectivity index (χ3v) is 2.84. The Bertz CT molecular complexity index is 368. The summed E-state index contributed by atoms with van der Waals surface area (Å²) >= 11 is 0. The van der Waals surface area contributed by atoms with Crippen molar-refractivity contribution in [2.24, 2.45) is 5.73 Å². The minimum absolute atomic E-state index is 0.201. The zero-order valence-corrected chi connectivity index (χ0v) is 10.8. The van der Waals surface area contributed by atoms with Crippen LogP contribution in [0.5, 0.6) is 0 Å². The Morgan fingerprint density at radius 3 is 2.35 bits per heavy atom. The van der Waals surface area contributed by atoms with Crippen molar-refractivity contribution in [1.82, 2.24) is 0 Å². The average molecular weight is 235 g/mol. The van der Waals surface area contributed by atoms with Gasteiger partial charge in [0.15, 0.2) is 0 Å². The summed E-state index contributed by atoms with van der Waals surface area (Å²) in [5.41, 5.74) is 7.72. The maximum Gasteiger partial charge on any atom is 0.307 e. The average Bonchev–Trinajstić information content (AvgIpc) is 2.28. The van der Waals surface area contributed by atoms with E-state index in [-0.39, 0.29) is 12.4 Å². The lowest BCUT2D eigenvalue weighted by Gasteiger charge is -2.24. The van der Waals surface area contributed by atoms with E-state index < -0.39 is 5.54 Å². The van der Waals surface area contributed by atoms with Gasteiger partial charge in [-0.2, -0.15) is 0 Å². The maximum atomic E-state index is 11.5. The largest absolute Gasteiger partial charge is 0.466 e. The van der Waals surface area contributed by atoms with E-state index >= 15 is 0 Å². The van der Waals surface area contributed by atoms with Crippen molar-refractivity contribution in [3.8, 4) is 0 Å². The summed E-state index contributed by atoms with van der Waals surface area (Å²) in [7, 11) is 0. The zero-order valence-electron chi connectivity index (χ0n) is 10.8. The molecular weight excluding hydrogens is 214 g/mol. The summed E-state index contributed by atoms with van der Waals surface area (Å²) in [5.74, 6) is -0.253. The van der Waals surface area contributed by atoms with E-state index in [9.17, 15) is 4.79 Å². The van der Waals surface area contributed by atoms with Crippen LogP contribution in [-0.4, -0.2) is 12.6 Å². The molecular formula is C14H21NO2. The molecule has 0 spiro atoms. The van der Waals surface area contributed by atoms with Gasteiger partial charge in [0.25, 0.3) is 0 Å². The summed E-state index contributed by atoms with van der Waals surface area (Å²) in [6, 6.07) is 8.06. The summed E-state index contributed by atoms with van der Waals surface area (Å²) in [5, 5.41) is 0. The summed E-state index contributed by atoms with van der Waals surface area (Å²) in [6.45, 7) is 6.14. The first-order chi connectivity index (χ1) is 7.99. The third kappa shape index (κ3) is 3.86. The lowest BCUT2D eigenvalue weighted by atomic mass is 9.89. The molecule has 0 aliphatic carbocycles. The fourth-order valence-corrected chi connectivity index (χ4v) is 1.74. The Morgan fingerprint density at radius 2 is 1.88 bits per heavy atom. The molecule has 0 bridgehead atoms. The molecule has 0 saturated heterocycles. The Labute approximate surface area is 103 Å². The molecule has 1 aromatic rings. The molecule has 2 N–H and O–H groups in total. The second kappa shape index (κ2) is 5.82. The van der Waals surface area contributed by atoms with Crippen LogP contribution in [0.3, 0.4) is 0 Å². The Kier molecular flexibility index (Phi) is 4.70. The molecule has 3 nitrogen and oxygen atoms in total. The Morgan fingerprint density at radius 1 is 1.29 bits per heavy atom. The van der Waals surface area contributed by atoms with Crippen LogP contribution in [0.2, 0.25) is 0 Å². The first kappa shape index (κ1) is 13.7. The van der Waals surface area contributed by atoms with Crippen molar-refractivity contribution in [2.45, 2.75) is 39.2 Å². The predicted molar refractivity (Wildman–Crippen MR) is 68.6 cm³/mol. The Hall–Kier alpha value is -1.35. The molecule has 3 heteroatoms. The SMILES string of the molecule is CCOC(=O)CC(C)(N)c1ccc(CC)cc1. The van der Waals surface area contributed by atoms with Crippen LogP contribution in [0.25, 0.3) is 0 Å². The van der Waals surface area contributed by atoms with Gasteiger partial charge in [0.05, 0.1) is 13.0 Å². The highest BCUT2D eigenvalue weighted by Crippen LogP contribution is 2.22. The van der Waals surface area contributed by atoms with E-state index in [0.717, 1.165) is 12.0 Å². The predicted octanol–water partition coefficient (Wildman–Crippen LogP) is 2.38. The third-order valence-electron chi connectivity index (χ3n) is 2.84. The van der Waals surface area contributed by atoms with Crippen LogP contribution >= 0.6 is 0 Å². The van der Waals surface area contributed by atoms with Crippen LogP contribution in [0.1, 0.15) is 38.3 Å². The van der Waals surface area contributed by atoms with Gasteiger partial charge in [-0.3, -0.25) is 4.79 Å². The van der Waals surface area contributed by atoms with Crippen LogP contribution in [0.4, 0.5) is 0 Å². The van der Waals surface area contributed by atoms with Gasteiger partial charge in [0, 0.05) is 5.54 Å². The highest BCUT2D eigenvalue weighted by Gasteiger charge is 2.25. The number of nitrogens with two attached hydrogens (primary N) is 1. The normalized spacial score (nSPS) is 14.1. The molecule has 1 rings (SSSR count). The first-order valence-electron chi connectivity index (χ1n) is 6.03. The van der Waals surface area contributed by atoms with Crippen LogP contribution < -0.4 is 5.73 Å². The molecule has 94 valence electrons. The zero-order chi connectivity index (χ0) is 12.9. The standard InChI is InChI=1S/C14H21NO2/c1-4-11-6-8-12(9-7-11)14(3,15)10-13(16)17-5-2/h6-9H,4-5,10,15H2,1-3H3. The van der Waals surface area contributed by atoms with Gasteiger partial charge in [-0.05, 0) is 31.4 Å². The number of aryl methyl sites for hydroxylation is 1. The minimum Gasteiger partial charge on any atom is -0.466 e. The van der Waals surface area contributed by atoms with Crippen molar-refractivity contribution < 1.29 is 9.53 Å². The topological polar surface area (TPSA) is 52.3 Å². The molecule has 0 aromatic heterocycles. The van der Waals surface area contributed by atoms with Gasteiger partial charge in [-0.1, -0.05) is 31.2 Å². The van der Waals surface area contributed by atoms with Gasteiger partial charge in [-0.25, -0.2) is 0 Å². The lowest BCUT2D eigenvalue weighted by Crippen LogP contribution is -2.36. The number of hydrogen-bond donors (Lipinski definition) is 1. The molecule has 1 unspecified atom stereocenters. The highest BCUT2D eigenvalue weighted by molar-refractivity contribution is 5.71. The van der Waals surface area contributed by atoms with Crippen molar-refractivity contribution >= 4 is 5.97 Å². The number of hydrogen-bond acceptors (Lipinski definition) is 3. The van der Waals surface area contributed by atoms with Crippen LogP contribution in [-0.2, 0) is 21.5 Å². The van der Waals surface area contributed by atoms with E-state index in [0.29, 0.717) is 6.61 Å². The highest BCUT2D eigenvalue weighted by atomic mass is 16.5. The van der Waals surface area contributed by atoms with Crippen LogP contribution in [0.15, 0.2) is 24.3 Å². The molecule has 0 aliphatic heterocycles. The number of ether oxygens (including phenoxy) is 1. The quantitative estimate of drug-likeness (QED) is 0.797. The molecule has 1 aromatic carbocycles. The maximum absolute atomic E-state index is 11.5. The number of rotatable bonds is 5. The fourth-order valence-electron chi connectivity index (χ4n) is 1.74. The first-order valence-corrected chi connectivity index (χ1v) is 6.03. The van der Waals surface area contributed by atoms with Gasteiger partial charge in [-0.15, -0.1) is 0 Å². The van der Waals surface area contributed by atoms with Crippen molar-refractivity contribution in [1.29, 1.82) is 0 Å². The van der Waals surface area contributed by atoms with E-state index in [4.69, 9.17) is 10.5 Å². The number of benzene rings is 1. The molecule has 1 atom stereocenters. The van der Waals surface area contributed by atoms with Crippen LogP contribution in [0, 0.1) is 0 Å². The summed E-state index contributed by atoms with van der Waals surface area (Å²) < 4.78 is 4.93. The van der Waals surface area contributed by atoms with E-state index in [1.54, 1.807) is 6.92 Å². The van der Waals surface area contributed by atoms with Crippen molar-refractivity contribution in [3.05, 3.63) is 35.4 Å². The van der Waals surface area contributed by atoms with Gasteiger partial charge in [0.1, 0.15) is 0 Å². The van der Waals surface area contributed by atoms with Crippen molar-refractivity contribution in [3.63, 3.8) is 0 Å². The molecule has 0 radical (unpaired) electrons. The monoisotopic (exact) mass is 235 g/mol. The molecule has 0 fully saturated rings. The van der Waals surface area contributed by atoms with Gasteiger partial charge < -0.3 is 10.5 Å². The van der Waals surface area contributed by atoms with Gasteiger partial charge in [0.2, 0.25) is 0 Å². The minimum atomic E-state index is -0.668. The number of esters is 1. The molecule has 0 amide bonds. The van der Waals surface area contributed by atoms with E-state index in [1.165, 1.54) is 5.56 Å². The lowest BCUT2D eigenvalue weighted by molar-refractivity contribution is -0.144. The second-order valence-corrected chi connectivity index (χ2v) is 4.45. The number of carbonyl (C=O) groups excluding carboxylic acids is 1. The molecule has 0 saturated carbocycles. The molecule has 0 aliphatic rings. The molecule has 17 heavy (non-hydrogen) atoms. The Balaban J connectivity index is 2.77. The fraction of sp³-hybridized carbons (Fsp3) is 0.500. The molecule has 0 heterocycles. The van der Waals surface area contributed by atoms with E-state index in [1.807, 2.05) is 31.2 Å². The summed E-state index contributed by atoms with van der Waals surface area (Å²) in [4.78, 5) is 11.5. The van der Waals surface area contributed by atoms with Gasteiger partial charge >= 0.3 is 5.97 Å². The summed E-state index contributed by atoms with van der Waals surface area (Å²) in [6.07, 6.45) is 1.20. The van der Waals surface area contributed by atoms with Crippen molar-refractivity contribution in [2.75, 3.05) is 6.61 Å². The van der Waals surface area contributed by atoms with E-state index in [2.05, 4.69) is 6.92 Å². The second-order valence-electron chi connectivity index (χ2n) is 4.45. The smallest absolute Gasteiger partial charge is 0.307 e. The number of carbonyl (C=O) groups is 1.